The van der Waals surface area contributed by atoms with Crippen LogP contribution >= 0.6 is 0 Å². The van der Waals surface area contributed by atoms with Gasteiger partial charge in [-0.2, -0.15) is 0 Å². The van der Waals surface area contributed by atoms with Gasteiger partial charge in [0.2, 0.25) is 5.91 Å². The normalized spacial score (nSPS) is 10.7. The number of nitrogens with one attached hydrogen (secondary N) is 1. The van der Waals surface area contributed by atoms with Crippen molar-refractivity contribution in [2.45, 2.75) is 13.5 Å². The van der Waals surface area contributed by atoms with Crippen LogP contribution in [0.25, 0.3) is 6.08 Å². The summed E-state index contributed by atoms with van der Waals surface area (Å²) in [6.07, 6.45) is 6.42. The van der Waals surface area contributed by atoms with E-state index >= 15 is 0 Å². The molecule has 0 unspecified atom stereocenters. The van der Waals surface area contributed by atoms with E-state index in [-0.39, 0.29) is 11.7 Å². The summed E-state index contributed by atoms with van der Waals surface area (Å²) in [7, 11) is 1.56. The SMILES string of the molecule is COc1ccc(NC(=O)/C=C/c2ccc(F)c(C)c2)cc1OCc1ccncc1. The van der Waals surface area contributed by atoms with Crippen molar-refractivity contribution in [2.24, 2.45) is 0 Å². The molecule has 0 saturated carbocycles. The van der Waals surface area contributed by atoms with Crippen molar-refractivity contribution in [1.29, 1.82) is 0 Å². The van der Waals surface area contributed by atoms with E-state index < -0.39 is 0 Å². The molecule has 1 heterocycles. The average Bonchev–Trinajstić information content (AvgIpc) is 2.74. The van der Waals surface area contributed by atoms with E-state index in [4.69, 9.17) is 9.47 Å². The van der Waals surface area contributed by atoms with Gasteiger partial charge in [0.1, 0.15) is 12.4 Å². The number of methoxy groups -OCH3 is 1. The maximum absolute atomic E-state index is 13.3. The highest BCUT2D eigenvalue weighted by Gasteiger charge is 2.08. The van der Waals surface area contributed by atoms with Gasteiger partial charge in [0.05, 0.1) is 7.11 Å². The average molecular weight is 392 g/mol. The summed E-state index contributed by atoms with van der Waals surface area (Å²) in [4.78, 5) is 16.2. The van der Waals surface area contributed by atoms with Gasteiger partial charge in [0, 0.05) is 30.2 Å². The van der Waals surface area contributed by atoms with E-state index in [2.05, 4.69) is 10.3 Å². The van der Waals surface area contributed by atoms with Crippen LogP contribution in [0.5, 0.6) is 11.5 Å². The largest absolute Gasteiger partial charge is 0.493 e. The summed E-state index contributed by atoms with van der Waals surface area (Å²) in [5.74, 6) is 0.496. The van der Waals surface area contributed by atoms with Crippen LogP contribution in [-0.2, 0) is 11.4 Å². The first-order valence-corrected chi connectivity index (χ1v) is 9.00. The van der Waals surface area contributed by atoms with Gasteiger partial charge in [0.15, 0.2) is 11.5 Å². The summed E-state index contributed by atoms with van der Waals surface area (Å²) in [6, 6.07) is 13.6. The fraction of sp³-hybridized carbons (Fsp3) is 0.130. The van der Waals surface area contributed by atoms with E-state index in [0.717, 1.165) is 11.1 Å². The van der Waals surface area contributed by atoms with E-state index in [0.29, 0.717) is 29.4 Å². The Bertz CT molecular complexity index is 1020. The van der Waals surface area contributed by atoms with Crippen molar-refractivity contribution in [3.05, 3.63) is 89.5 Å². The molecule has 5 nitrogen and oxygen atoms in total. The molecule has 1 amide bonds. The molecule has 148 valence electrons. The molecule has 0 radical (unpaired) electrons. The number of carbonyl (C=O) groups excluding carboxylic acids is 1. The lowest BCUT2D eigenvalue weighted by molar-refractivity contribution is -0.111. The molecule has 1 N–H and O–H groups in total. The standard InChI is InChI=1S/C23H21FN2O3/c1-16-13-17(3-6-20(16)24)4-8-23(27)26-19-5-7-21(28-2)22(14-19)29-15-18-9-11-25-12-10-18/h3-14H,15H2,1-2H3,(H,26,27)/b8-4+. The first kappa shape index (κ1) is 20.1. The Balaban J connectivity index is 1.67. The fourth-order valence-electron chi connectivity index (χ4n) is 2.63. The van der Waals surface area contributed by atoms with E-state index in [1.807, 2.05) is 12.1 Å². The van der Waals surface area contributed by atoms with Crippen LogP contribution in [0.2, 0.25) is 0 Å². The van der Waals surface area contributed by atoms with Crippen LogP contribution in [0.15, 0.2) is 67.0 Å². The number of ether oxygens (including phenoxy) is 2. The Hall–Kier alpha value is -3.67. The summed E-state index contributed by atoms with van der Waals surface area (Å²) in [6.45, 7) is 2.03. The van der Waals surface area contributed by atoms with E-state index in [1.54, 1.807) is 62.8 Å². The van der Waals surface area contributed by atoms with E-state index in [1.165, 1.54) is 12.1 Å². The predicted octanol–water partition coefficient (Wildman–Crippen LogP) is 4.77. The quantitative estimate of drug-likeness (QED) is 0.589. The van der Waals surface area contributed by atoms with Gasteiger partial charge in [0.25, 0.3) is 0 Å². The molecule has 0 aliphatic heterocycles. The number of nitrogens with zero attached hydrogens (tertiary/aromatic N) is 1. The number of hydrogen-bond acceptors (Lipinski definition) is 4. The van der Waals surface area contributed by atoms with Gasteiger partial charge in [-0.1, -0.05) is 6.07 Å². The van der Waals surface area contributed by atoms with Gasteiger partial charge >= 0.3 is 0 Å². The number of amides is 1. The third-order valence-corrected chi connectivity index (χ3v) is 4.18. The number of anilines is 1. The van der Waals surface area contributed by atoms with Gasteiger partial charge in [-0.3, -0.25) is 9.78 Å². The molecule has 0 saturated heterocycles. The number of benzene rings is 2. The molecule has 0 aliphatic rings. The Morgan fingerprint density at radius 3 is 2.62 bits per heavy atom. The monoisotopic (exact) mass is 392 g/mol. The number of aryl methyl sites for hydroxylation is 1. The summed E-state index contributed by atoms with van der Waals surface area (Å²) >= 11 is 0. The maximum atomic E-state index is 13.3. The van der Waals surface area contributed by atoms with Gasteiger partial charge in [-0.05, 0) is 66.1 Å². The summed E-state index contributed by atoms with van der Waals surface area (Å²) in [5.41, 5.74) is 2.81. The second-order valence-corrected chi connectivity index (χ2v) is 6.34. The van der Waals surface area contributed by atoms with Crippen molar-refractivity contribution in [3.63, 3.8) is 0 Å². The molecule has 1 aromatic heterocycles. The smallest absolute Gasteiger partial charge is 0.248 e. The first-order chi connectivity index (χ1) is 14.0. The molecule has 29 heavy (non-hydrogen) atoms. The molecule has 6 heteroatoms. The summed E-state index contributed by atoms with van der Waals surface area (Å²) in [5, 5.41) is 2.78. The molecule has 2 aromatic carbocycles. The van der Waals surface area contributed by atoms with Crippen molar-refractivity contribution in [3.8, 4) is 11.5 Å². The number of aromatic nitrogens is 1. The van der Waals surface area contributed by atoms with Gasteiger partial charge in [-0.15, -0.1) is 0 Å². The molecule has 0 bridgehead atoms. The number of halogens is 1. The van der Waals surface area contributed by atoms with Crippen LogP contribution < -0.4 is 14.8 Å². The number of hydrogen-bond donors (Lipinski definition) is 1. The zero-order valence-corrected chi connectivity index (χ0v) is 16.2. The van der Waals surface area contributed by atoms with Crippen LogP contribution in [-0.4, -0.2) is 18.0 Å². The Morgan fingerprint density at radius 2 is 1.90 bits per heavy atom. The Kier molecular flexibility index (Phi) is 6.58. The molecule has 0 aliphatic carbocycles. The third-order valence-electron chi connectivity index (χ3n) is 4.18. The van der Waals surface area contributed by atoms with Crippen molar-refractivity contribution in [1.82, 2.24) is 4.98 Å². The number of pyridine rings is 1. The molecule has 3 aromatic rings. The van der Waals surface area contributed by atoms with Crippen LogP contribution in [0.4, 0.5) is 10.1 Å². The Morgan fingerprint density at radius 1 is 1.10 bits per heavy atom. The lowest BCUT2D eigenvalue weighted by Crippen LogP contribution is -2.08. The number of rotatable bonds is 7. The first-order valence-electron chi connectivity index (χ1n) is 9.00. The maximum Gasteiger partial charge on any atom is 0.248 e. The van der Waals surface area contributed by atoms with E-state index in [9.17, 15) is 9.18 Å². The van der Waals surface area contributed by atoms with Crippen molar-refractivity contribution >= 4 is 17.7 Å². The lowest BCUT2D eigenvalue weighted by Gasteiger charge is -2.12. The topological polar surface area (TPSA) is 60.5 Å². The second-order valence-electron chi connectivity index (χ2n) is 6.34. The highest BCUT2D eigenvalue weighted by atomic mass is 19.1. The minimum Gasteiger partial charge on any atom is -0.493 e. The second kappa shape index (κ2) is 9.50. The molecule has 0 atom stereocenters. The Labute approximate surface area is 168 Å². The lowest BCUT2D eigenvalue weighted by atomic mass is 10.1. The van der Waals surface area contributed by atoms with Crippen molar-refractivity contribution in [2.75, 3.05) is 12.4 Å². The molecular formula is C23H21FN2O3. The van der Waals surface area contributed by atoms with Crippen LogP contribution in [0.3, 0.4) is 0 Å². The summed E-state index contributed by atoms with van der Waals surface area (Å²) < 4.78 is 24.5. The fourth-order valence-corrected chi connectivity index (χ4v) is 2.63. The zero-order chi connectivity index (χ0) is 20.6. The molecular weight excluding hydrogens is 371 g/mol. The zero-order valence-electron chi connectivity index (χ0n) is 16.2. The van der Waals surface area contributed by atoms with Gasteiger partial charge in [-0.25, -0.2) is 4.39 Å². The molecule has 3 rings (SSSR count). The van der Waals surface area contributed by atoms with Gasteiger partial charge < -0.3 is 14.8 Å². The van der Waals surface area contributed by atoms with Crippen LogP contribution in [0, 0.1) is 12.7 Å². The minimum absolute atomic E-state index is 0.274. The van der Waals surface area contributed by atoms with Crippen molar-refractivity contribution < 1.29 is 18.7 Å². The molecule has 0 spiro atoms. The highest BCUT2D eigenvalue weighted by Crippen LogP contribution is 2.31. The molecule has 0 fully saturated rings. The minimum atomic E-state index is -0.308. The highest BCUT2D eigenvalue weighted by molar-refractivity contribution is 6.02. The number of carbonyl (C=O) groups is 1. The van der Waals surface area contributed by atoms with Crippen LogP contribution in [0.1, 0.15) is 16.7 Å². The predicted molar refractivity (Wildman–Crippen MR) is 110 cm³/mol. The third kappa shape index (κ3) is 5.65.